The number of allylic oxidation sites excluding steroid dienone is 4. The Labute approximate surface area is 241 Å². The van der Waals surface area contributed by atoms with Crippen molar-refractivity contribution in [1.82, 2.24) is 0 Å². The zero-order valence-corrected chi connectivity index (χ0v) is 26.3. The average molecular weight is 567 g/mol. The van der Waals surface area contributed by atoms with E-state index in [2.05, 4.69) is 52.6 Å². The van der Waals surface area contributed by atoms with Gasteiger partial charge in [-0.25, -0.2) is 0 Å². The zero-order valence-electron chi connectivity index (χ0n) is 25.3. The van der Waals surface area contributed by atoms with E-state index < -0.39 is 8.07 Å². The summed E-state index contributed by atoms with van der Waals surface area (Å²) in [6.45, 7) is 14.4. The van der Waals surface area contributed by atoms with Crippen LogP contribution in [-0.2, 0) is 15.9 Å². The Kier molecular flexibility index (Phi) is 12.0. The summed E-state index contributed by atoms with van der Waals surface area (Å²) in [5.41, 5.74) is 5.00. The van der Waals surface area contributed by atoms with E-state index in [0.29, 0.717) is 30.1 Å². The highest BCUT2D eigenvalue weighted by molar-refractivity contribution is 6.76. The largest absolute Gasteiger partial charge is 0.484 e. The monoisotopic (exact) mass is 566 g/mol. The molecule has 0 fully saturated rings. The fourth-order valence-corrected chi connectivity index (χ4v) is 5.11. The van der Waals surface area contributed by atoms with Crippen molar-refractivity contribution in [3.63, 3.8) is 0 Å². The summed E-state index contributed by atoms with van der Waals surface area (Å²) in [4.78, 5) is 13.2. The van der Waals surface area contributed by atoms with Crippen molar-refractivity contribution in [3.8, 4) is 17.2 Å². The molecular weight excluding hydrogens is 520 g/mol. The predicted octanol–water partition coefficient (Wildman–Crippen LogP) is 8.30. The van der Waals surface area contributed by atoms with Crippen LogP contribution in [0.3, 0.4) is 0 Å². The summed E-state index contributed by atoms with van der Waals surface area (Å²) in [5, 5.41) is 0. The number of benzene rings is 2. The van der Waals surface area contributed by atoms with Gasteiger partial charge in [0.25, 0.3) is 0 Å². The maximum absolute atomic E-state index is 13.2. The molecule has 6 nitrogen and oxygen atoms in total. The van der Waals surface area contributed by atoms with E-state index in [9.17, 15) is 4.79 Å². The number of hydrogen-bond acceptors (Lipinski definition) is 6. The van der Waals surface area contributed by atoms with Crippen molar-refractivity contribution >= 4 is 13.9 Å². The Morgan fingerprint density at radius 2 is 1.75 bits per heavy atom. The van der Waals surface area contributed by atoms with Crippen molar-refractivity contribution < 1.29 is 28.5 Å². The van der Waals surface area contributed by atoms with Gasteiger partial charge in [-0.05, 0) is 75.9 Å². The van der Waals surface area contributed by atoms with Gasteiger partial charge in [0.15, 0.2) is 19.4 Å². The molecule has 218 valence electrons. The lowest BCUT2D eigenvalue weighted by Crippen LogP contribution is -2.22. The number of hydrogen-bond donors (Lipinski definition) is 0. The van der Waals surface area contributed by atoms with Crippen molar-refractivity contribution in [3.05, 3.63) is 76.4 Å². The molecule has 2 aromatic rings. The van der Waals surface area contributed by atoms with E-state index in [-0.39, 0.29) is 31.9 Å². The van der Waals surface area contributed by atoms with Gasteiger partial charge in [-0.1, -0.05) is 55.1 Å². The summed E-state index contributed by atoms with van der Waals surface area (Å²) < 4.78 is 29.0. The second-order valence-electron chi connectivity index (χ2n) is 11.8. The fraction of sp³-hybridized carbons (Fsp3) is 0.485. The summed E-state index contributed by atoms with van der Waals surface area (Å²) in [5.74, 6) is 2.05. The number of methoxy groups -OCH3 is 1. The molecule has 0 aliphatic carbocycles. The van der Waals surface area contributed by atoms with E-state index in [1.165, 1.54) is 11.1 Å². The molecule has 0 saturated heterocycles. The molecule has 0 bridgehead atoms. The van der Waals surface area contributed by atoms with Crippen LogP contribution in [0.25, 0.3) is 0 Å². The van der Waals surface area contributed by atoms with Crippen LogP contribution in [0.4, 0.5) is 0 Å². The molecule has 1 unspecified atom stereocenters. The quantitative estimate of drug-likeness (QED) is 0.0935. The van der Waals surface area contributed by atoms with E-state index >= 15 is 0 Å². The number of carbonyl (C=O) groups is 1. The predicted molar refractivity (Wildman–Crippen MR) is 163 cm³/mol. The first-order valence-corrected chi connectivity index (χ1v) is 17.8. The lowest BCUT2D eigenvalue weighted by molar-refractivity contribution is 0.0220. The van der Waals surface area contributed by atoms with Crippen LogP contribution in [0.5, 0.6) is 17.2 Å². The van der Waals surface area contributed by atoms with E-state index in [1.807, 2.05) is 30.3 Å². The molecule has 7 heteroatoms. The minimum absolute atomic E-state index is 0.0613. The molecule has 0 amide bonds. The maximum Gasteiger partial charge on any atom is 0.189 e. The number of fused-ring (bicyclic) bond motifs is 1. The molecular formula is C33H46O6Si. The highest BCUT2D eigenvalue weighted by Crippen LogP contribution is 2.42. The second kappa shape index (κ2) is 15.2. The third-order valence-corrected chi connectivity index (χ3v) is 8.49. The van der Waals surface area contributed by atoms with Gasteiger partial charge in [0, 0.05) is 27.4 Å². The van der Waals surface area contributed by atoms with Crippen LogP contribution in [-0.4, -0.2) is 41.2 Å². The average Bonchev–Trinajstić information content (AvgIpc) is 2.90. The maximum atomic E-state index is 13.2. The van der Waals surface area contributed by atoms with Gasteiger partial charge in [-0.3, -0.25) is 4.79 Å². The smallest absolute Gasteiger partial charge is 0.189 e. The summed E-state index contributed by atoms with van der Waals surface area (Å²) in [6.07, 6.45) is 6.93. The first kappa shape index (κ1) is 31.7. The summed E-state index contributed by atoms with van der Waals surface area (Å²) >= 11 is 0. The number of carbonyl (C=O) groups excluding carboxylic acids is 1. The lowest BCUT2D eigenvalue weighted by atomic mass is 9.93. The normalized spacial score (nSPS) is 15.3. The van der Waals surface area contributed by atoms with Crippen molar-refractivity contribution in [2.45, 2.75) is 78.2 Å². The Bertz CT molecular complexity index is 1170. The van der Waals surface area contributed by atoms with Crippen molar-refractivity contribution in [2.75, 3.05) is 27.3 Å². The molecule has 0 spiro atoms. The number of ketones is 1. The molecule has 1 heterocycles. The minimum Gasteiger partial charge on any atom is -0.484 e. The Balaban J connectivity index is 1.74. The highest BCUT2D eigenvalue weighted by atomic mass is 28.3. The van der Waals surface area contributed by atoms with Gasteiger partial charge in [0.1, 0.15) is 23.4 Å². The van der Waals surface area contributed by atoms with Crippen LogP contribution in [0.1, 0.15) is 67.6 Å². The Morgan fingerprint density at radius 1 is 1.00 bits per heavy atom. The van der Waals surface area contributed by atoms with Crippen molar-refractivity contribution in [1.29, 1.82) is 0 Å². The fourth-order valence-electron chi connectivity index (χ4n) is 4.36. The standard InChI is InChI=1S/C33H46O6Si/c1-24(2)9-8-10-25(3)11-16-29-31(38-22-35-4)18-17-28-30(34)21-32(39-33(28)29)26-12-14-27(15-13-26)37-23-36-19-20-40(5,6)7/h9,11-15,17-18,32H,8,10,16,19-23H2,1-7H3/b25-11+. The molecule has 40 heavy (non-hydrogen) atoms. The van der Waals surface area contributed by atoms with Gasteiger partial charge < -0.3 is 23.7 Å². The van der Waals surface area contributed by atoms with Crippen LogP contribution < -0.4 is 14.2 Å². The Hall–Kier alpha value is -2.87. The lowest BCUT2D eigenvalue weighted by Gasteiger charge is -2.28. The number of rotatable bonds is 15. The molecule has 0 N–H and O–H groups in total. The number of ether oxygens (including phenoxy) is 5. The summed E-state index contributed by atoms with van der Waals surface area (Å²) in [7, 11) is 0.471. The molecule has 0 saturated carbocycles. The number of Topliss-reactive ketones (excluding diaryl/α,β-unsaturated/α-hetero) is 1. The van der Waals surface area contributed by atoms with E-state index in [0.717, 1.165) is 35.8 Å². The van der Waals surface area contributed by atoms with Gasteiger partial charge in [-0.15, -0.1) is 0 Å². The SMILES string of the molecule is COCOc1ccc2c(c1C/C=C(\C)CCC=C(C)C)OC(c1ccc(OCOCC[Si](C)(C)C)cc1)CC2=O. The molecule has 0 radical (unpaired) electrons. The van der Waals surface area contributed by atoms with Gasteiger partial charge in [-0.2, -0.15) is 0 Å². The molecule has 3 rings (SSSR count). The molecule has 0 aromatic heterocycles. The van der Waals surface area contributed by atoms with Crippen LogP contribution >= 0.6 is 0 Å². The van der Waals surface area contributed by atoms with Crippen LogP contribution in [0.15, 0.2) is 59.7 Å². The molecule has 1 aliphatic rings. The highest BCUT2D eigenvalue weighted by Gasteiger charge is 2.31. The topological polar surface area (TPSA) is 63.2 Å². The molecule has 1 atom stereocenters. The van der Waals surface area contributed by atoms with Crippen LogP contribution in [0.2, 0.25) is 25.7 Å². The van der Waals surface area contributed by atoms with Gasteiger partial charge in [0.05, 0.1) is 12.0 Å². The molecule has 2 aromatic carbocycles. The first-order valence-electron chi connectivity index (χ1n) is 14.1. The third kappa shape index (κ3) is 9.95. The van der Waals surface area contributed by atoms with Gasteiger partial charge >= 0.3 is 0 Å². The van der Waals surface area contributed by atoms with E-state index in [1.54, 1.807) is 13.2 Å². The minimum atomic E-state index is -1.12. The zero-order chi connectivity index (χ0) is 29.1. The van der Waals surface area contributed by atoms with Crippen molar-refractivity contribution in [2.24, 2.45) is 0 Å². The Morgan fingerprint density at radius 3 is 2.42 bits per heavy atom. The summed E-state index contributed by atoms with van der Waals surface area (Å²) in [6, 6.07) is 12.5. The first-order chi connectivity index (χ1) is 19.1. The van der Waals surface area contributed by atoms with E-state index in [4.69, 9.17) is 23.7 Å². The second-order valence-corrected chi connectivity index (χ2v) is 17.4. The van der Waals surface area contributed by atoms with Gasteiger partial charge in [0.2, 0.25) is 0 Å². The third-order valence-electron chi connectivity index (χ3n) is 6.78. The van der Waals surface area contributed by atoms with Crippen LogP contribution in [0, 0.1) is 0 Å². The molecule has 1 aliphatic heterocycles.